The predicted octanol–water partition coefficient (Wildman–Crippen LogP) is 16.7. The monoisotopic (exact) mass is 1090 g/mol. The van der Waals surface area contributed by atoms with Gasteiger partial charge in [-0.05, 0) is 98.3 Å². The summed E-state index contributed by atoms with van der Waals surface area (Å²) in [4.78, 5) is 10.0. The van der Waals surface area contributed by atoms with E-state index in [0.717, 1.165) is 72.6 Å². The van der Waals surface area contributed by atoms with E-state index < -0.39 is 11.7 Å². The van der Waals surface area contributed by atoms with Crippen LogP contribution >= 0.6 is 0 Å². The molecule has 0 bridgehead atoms. The summed E-state index contributed by atoms with van der Waals surface area (Å²) in [5.41, 5.74) is 13.3. The Morgan fingerprint density at radius 3 is 1.75 bits per heavy atom. The summed E-state index contributed by atoms with van der Waals surface area (Å²) in [7, 11) is 0. The molecule has 0 aliphatic heterocycles. The number of phenols is 1. The largest absolute Gasteiger partial charge is 0.507 e. The van der Waals surface area contributed by atoms with Gasteiger partial charge in [0.15, 0.2) is 0 Å². The number of aromatic nitrogens is 3. The minimum absolute atomic E-state index is 0. The number of alkyl halides is 3. The Kier molecular flexibility index (Phi) is 12.3. The fourth-order valence-electron chi connectivity index (χ4n) is 9.13. The second-order valence-corrected chi connectivity index (χ2v) is 19.5. The summed E-state index contributed by atoms with van der Waals surface area (Å²) in [6.45, 7) is 13.4. The third-order valence-corrected chi connectivity index (χ3v) is 12.8. The van der Waals surface area contributed by atoms with Crippen LogP contribution in [-0.4, -0.2) is 19.6 Å². The second kappa shape index (κ2) is 18.1. The van der Waals surface area contributed by atoms with Crippen molar-refractivity contribution in [3.05, 3.63) is 205 Å². The summed E-state index contributed by atoms with van der Waals surface area (Å²) < 4.78 is 44.3. The maximum absolute atomic E-state index is 14.0. The van der Waals surface area contributed by atoms with Crippen LogP contribution in [0.1, 0.15) is 58.2 Å². The molecule has 69 heavy (non-hydrogen) atoms. The van der Waals surface area contributed by atoms with E-state index in [4.69, 9.17) is 9.97 Å². The van der Waals surface area contributed by atoms with Gasteiger partial charge in [-0.15, -0.1) is 24.3 Å². The van der Waals surface area contributed by atoms with Crippen LogP contribution in [0.25, 0.3) is 94.6 Å². The van der Waals surface area contributed by atoms with Gasteiger partial charge in [-0.1, -0.05) is 162 Å². The fourth-order valence-corrected chi connectivity index (χ4v) is 9.13. The quantitative estimate of drug-likeness (QED) is 0.162. The van der Waals surface area contributed by atoms with E-state index in [1.54, 1.807) is 24.3 Å². The molecule has 346 valence electrons. The van der Waals surface area contributed by atoms with Gasteiger partial charge in [0.05, 0.1) is 22.3 Å². The number of para-hydroxylation sites is 3. The van der Waals surface area contributed by atoms with Crippen molar-refractivity contribution < 1.29 is 39.3 Å². The maximum atomic E-state index is 14.0. The molecule has 0 spiro atoms. The number of rotatable bonds is 7. The summed E-state index contributed by atoms with van der Waals surface area (Å²) in [6.07, 6.45) is -2.66. The van der Waals surface area contributed by atoms with Gasteiger partial charge >= 0.3 is 6.18 Å². The average Bonchev–Trinajstić information content (AvgIpc) is 3.68. The van der Waals surface area contributed by atoms with Gasteiger partial charge in [-0.2, -0.15) is 13.2 Å². The first-order valence-corrected chi connectivity index (χ1v) is 22.8. The predicted molar refractivity (Wildman–Crippen MR) is 272 cm³/mol. The fraction of sp³-hybridized carbons (Fsp3) is 0.148. The number of halogens is 3. The van der Waals surface area contributed by atoms with E-state index in [1.165, 1.54) is 23.3 Å². The Labute approximate surface area is 415 Å². The van der Waals surface area contributed by atoms with Crippen molar-refractivity contribution >= 4 is 21.8 Å². The van der Waals surface area contributed by atoms with E-state index in [2.05, 4.69) is 119 Å². The van der Waals surface area contributed by atoms with E-state index >= 15 is 0 Å². The number of benzene rings is 7. The number of hydrogen-bond acceptors (Lipinski definition) is 3. The molecule has 3 heterocycles. The molecule has 8 heteroatoms. The van der Waals surface area contributed by atoms with E-state index in [-0.39, 0.29) is 43.2 Å². The molecular formula is C61H49F3N3OPt-. The minimum Gasteiger partial charge on any atom is -0.507 e. The van der Waals surface area contributed by atoms with Gasteiger partial charge in [0.1, 0.15) is 5.75 Å². The number of fused-ring (bicyclic) bond motifs is 3. The van der Waals surface area contributed by atoms with Crippen LogP contribution in [0.4, 0.5) is 13.2 Å². The Bertz CT molecular complexity index is 3510. The molecule has 0 aliphatic rings. The molecule has 1 N–H and O–H groups in total. The molecule has 0 unspecified atom stereocenters. The molecule has 0 atom stereocenters. The number of aromatic hydroxyl groups is 1. The number of phenolic OH excluding ortho intramolecular Hbond substituents is 1. The molecule has 0 radical (unpaired) electrons. The van der Waals surface area contributed by atoms with Crippen molar-refractivity contribution in [2.45, 2.75) is 58.5 Å². The summed E-state index contributed by atoms with van der Waals surface area (Å²) in [5.74, 6) is 0.151. The van der Waals surface area contributed by atoms with Crippen LogP contribution in [0.5, 0.6) is 5.75 Å². The van der Waals surface area contributed by atoms with Crippen molar-refractivity contribution in [1.29, 1.82) is 0 Å². The van der Waals surface area contributed by atoms with Gasteiger partial charge in [0.2, 0.25) is 0 Å². The summed E-state index contributed by atoms with van der Waals surface area (Å²) in [5, 5.41) is 13.2. The SMILES string of the molecule is CC(C)(C)c1cc(-c2cc(-c3[c-]c(-c4cc(-c5cccc6c7ccccc7n(-c7ccc(-c8ccccc8C(F)(F)F)cc7)c56)ccn4)ccc3)nc(-c3ccccc3O)c2)cc(C(C)(C)C)c1.[Pt]. The van der Waals surface area contributed by atoms with Crippen LogP contribution < -0.4 is 0 Å². The molecule has 0 fully saturated rings. The molecule has 0 saturated heterocycles. The standard InChI is InChI=1S/C61H49F3N3O.Pt/c1-59(2,3)44-32-42(33-45(37-44)60(4,5)6)43-35-54(66-55(36-43)51-19-9-12-24-57(51)68)41-16-13-15-40(31-41)53-34-39(29-30-65-53)48-20-14-21-50-49-18-8-11-23-56(49)67(58(48)50)46-27-25-38(26-28-46)47-17-7-10-22-52(47)61(62,63)64;/h7-30,32-37,68H,1-6H3;/q-1;. The molecule has 0 saturated carbocycles. The Hall–Kier alpha value is -7.08. The van der Waals surface area contributed by atoms with Crippen LogP contribution in [0.3, 0.4) is 0 Å². The molecule has 0 amide bonds. The number of nitrogens with zero attached hydrogens (tertiary/aromatic N) is 3. The first-order chi connectivity index (χ1) is 32.5. The summed E-state index contributed by atoms with van der Waals surface area (Å²) in [6, 6.07) is 59.5. The molecule has 3 aromatic heterocycles. The number of pyridine rings is 2. The van der Waals surface area contributed by atoms with Crippen molar-refractivity contribution in [1.82, 2.24) is 14.5 Å². The van der Waals surface area contributed by atoms with Gasteiger partial charge in [-0.25, -0.2) is 0 Å². The molecule has 10 aromatic rings. The minimum atomic E-state index is -4.48. The van der Waals surface area contributed by atoms with E-state index in [9.17, 15) is 18.3 Å². The van der Waals surface area contributed by atoms with Crippen LogP contribution in [-0.2, 0) is 38.1 Å². The zero-order valence-corrected chi connectivity index (χ0v) is 41.3. The van der Waals surface area contributed by atoms with Crippen LogP contribution in [0.15, 0.2) is 182 Å². The van der Waals surface area contributed by atoms with Gasteiger partial charge in [-0.3, -0.25) is 9.97 Å². The topological polar surface area (TPSA) is 50.9 Å². The molecule has 10 rings (SSSR count). The zero-order chi connectivity index (χ0) is 47.5. The number of hydrogen-bond donors (Lipinski definition) is 1. The maximum Gasteiger partial charge on any atom is 0.417 e. The van der Waals surface area contributed by atoms with E-state index in [0.29, 0.717) is 22.5 Å². The summed E-state index contributed by atoms with van der Waals surface area (Å²) >= 11 is 0. The zero-order valence-electron chi connectivity index (χ0n) is 39.1. The normalized spacial score (nSPS) is 12.1. The molecule has 4 nitrogen and oxygen atoms in total. The third-order valence-electron chi connectivity index (χ3n) is 12.8. The second-order valence-electron chi connectivity index (χ2n) is 19.5. The van der Waals surface area contributed by atoms with Crippen molar-refractivity contribution in [3.63, 3.8) is 0 Å². The van der Waals surface area contributed by atoms with Gasteiger partial charge < -0.3 is 9.67 Å². The van der Waals surface area contributed by atoms with Crippen molar-refractivity contribution in [2.75, 3.05) is 0 Å². The van der Waals surface area contributed by atoms with Crippen LogP contribution in [0.2, 0.25) is 0 Å². The molecule has 0 aliphatic carbocycles. The van der Waals surface area contributed by atoms with Crippen molar-refractivity contribution in [3.8, 4) is 78.6 Å². The first kappa shape index (κ1) is 47.0. The Morgan fingerprint density at radius 2 is 1.06 bits per heavy atom. The van der Waals surface area contributed by atoms with Gasteiger partial charge in [0.25, 0.3) is 0 Å². The first-order valence-electron chi connectivity index (χ1n) is 22.8. The molecular weight excluding hydrogens is 1040 g/mol. The van der Waals surface area contributed by atoms with E-state index in [1.807, 2.05) is 72.9 Å². The third kappa shape index (κ3) is 9.16. The average molecular weight is 1090 g/mol. The Morgan fingerprint density at radius 1 is 0.493 bits per heavy atom. The van der Waals surface area contributed by atoms with Crippen LogP contribution in [0, 0.1) is 6.07 Å². The molecule has 7 aromatic carbocycles. The van der Waals surface area contributed by atoms with Gasteiger partial charge in [0, 0.05) is 66.2 Å². The smallest absolute Gasteiger partial charge is 0.417 e. The Balaban J connectivity index is 0.00000593. The van der Waals surface area contributed by atoms with Crippen molar-refractivity contribution in [2.24, 2.45) is 0 Å².